The Balaban J connectivity index is 0.00000180. The third-order valence-electron chi connectivity index (χ3n) is 2.90. The van der Waals surface area contributed by atoms with Gasteiger partial charge in [-0.15, -0.1) is 22.6 Å². The van der Waals surface area contributed by atoms with E-state index in [0.29, 0.717) is 0 Å². The van der Waals surface area contributed by atoms with Crippen LogP contribution in [-0.4, -0.2) is 44.3 Å². The first kappa shape index (κ1) is 15.3. The second-order valence-corrected chi connectivity index (χ2v) is 4.57. The summed E-state index contributed by atoms with van der Waals surface area (Å²) in [5.74, 6) is 0. The van der Waals surface area contributed by atoms with Crippen LogP contribution < -0.4 is 4.90 Å². The van der Waals surface area contributed by atoms with Crippen LogP contribution in [0.4, 0.5) is 11.4 Å². The zero-order valence-electron chi connectivity index (χ0n) is 11.7. The van der Waals surface area contributed by atoms with Crippen molar-refractivity contribution in [2.75, 3.05) is 33.1 Å². The zero-order chi connectivity index (χ0) is 13.1. The maximum atomic E-state index is 4.39. The minimum atomic E-state index is -0.0554. The number of benzene rings is 1. The highest BCUT2D eigenvalue weighted by Crippen LogP contribution is 2.27. The summed E-state index contributed by atoms with van der Waals surface area (Å²) in [5, 5.41) is 8.76. The molecule has 0 saturated heterocycles. The minimum absolute atomic E-state index is 0. The Labute approximate surface area is 120 Å². The van der Waals surface area contributed by atoms with Gasteiger partial charge in [-0.3, -0.25) is 0 Å². The number of halogens is 1. The van der Waals surface area contributed by atoms with Crippen molar-refractivity contribution in [1.29, 1.82) is 0 Å². The minimum Gasteiger partial charge on any atom is -0.376 e. The molecule has 6 heteroatoms. The molecule has 104 valence electrons. The van der Waals surface area contributed by atoms with Crippen LogP contribution in [0.5, 0.6) is 0 Å². The van der Waals surface area contributed by atoms with Gasteiger partial charge >= 0.3 is 0 Å². The summed E-state index contributed by atoms with van der Waals surface area (Å²) in [4.78, 5) is 6.07. The summed E-state index contributed by atoms with van der Waals surface area (Å²) in [5.41, 5.74) is 1.95. The molecular weight excluding hydrogens is 262 g/mol. The number of para-hydroxylation sites is 1. The fraction of sp³-hybridized carbons (Fsp3) is 0.385. The molecule has 1 aromatic carbocycles. The Kier molecular flexibility index (Phi) is 5.18. The van der Waals surface area contributed by atoms with E-state index in [1.807, 2.05) is 79.6 Å². The van der Waals surface area contributed by atoms with Crippen molar-refractivity contribution in [3.8, 4) is 0 Å². The molecule has 2 rings (SSSR count). The van der Waals surface area contributed by atoms with Gasteiger partial charge in [0.25, 0.3) is 0 Å². The van der Waals surface area contributed by atoms with Crippen molar-refractivity contribution in [2.45, 2.75) is 6.29 Å². The lowest BCUT2D eigenvalue weighted by Crippen LogP contribution is -2.31. The Bertz CT molecular complexity index is 460. The molecule has 0 amide bonds. The quantitative estimate of drug-likeness (QED) is 0.799. The molecule has 0 unspecified atom stereocenters. The zero-order valence-corrected chi connectivity index (χ0v) is 12.5. The molecule has 5 nitrogen and oxygen atoms in total. The second kappa shape index (κ2) is 6.43. The molecule has 0 N–H and O–H groups in total. The first-order valence-electron chi connectivity index (χ1n) is 5.89. The van der Waals surface area contributed by atoms with E-state index < -0.39 is 0 Å². The van der Waals surface area contributed by atoms with E-state index in [9.17, 15) is 0 Å². The van der Waals surface area contributed by atoms with Crippen LogP contribution >= 0.6 is 12.4 Å². The number of nitrogens with zero attached hydrogens (tertiary/aromatic N) is 5. The van der Waals surface area contributed by atoms with Crippen LogP contribution in [0.2, 0.25) is 0 Å². The van der Waals surface area contributed by atoms with Crippen LogP contribution in [0.15, 0.2) is 46.9 Å². The molecule has 1 aromatic rings. The van der Waals surface area contributed by atoms with Crippen molar-refractivity contribution >= 4 is 23.8 Å². The molecule has 19 heavy (non-hydrogen) atoms. The highest BCUT2D eigenvalue weighted by atomic mass is 35.5. The first-order chi connectivity index (χ1) is 8.59. The van der Waals surface area contributed by atoms with Gasteiger partial charge in [0.15, 0.2) is 0 Å². The lowest BCUT2D eigenvalue weighted by Gasteiger charge is -2.22. The summed E-state index contributed by atoms with van der Waals surface area (Å²) >= 11 is 0. The van der Waals surface area contributed by atoms with Gasteiger partial charge in [-0.05, 0) is 12.1 Å². The Morgan fingerprint density at radius 1 is 1.05 bits per heavy atom. The van der Waals surface area contributed by atoms with E-state index in [-0.39, 0.29) is 18.7 Å². The SMILES string of the molecule is CN(C)c1ccccc1N=NC1N(C)C=CN1C.Cl. The highest BCUT2D eigenvalue weighted by molar-refractivity contribution is 5.85. The van der Waals surface area contributed by atoms with Crippen LogP contribution in [0.1, 0.15) is 0 Å². The number of hydrogen-bond acceptors (Lipinski definition) is 5. The van der Waals surface area contributed by atoms with Gasteiger partial charge in [0.05, 0.1) is 5.69 Å². The van der Waals surface area contributed by atoms with Crippen LogP contribution in [0, 0.1) is 0 Å². The Hall–Kier alpha value is -1.75. The molecule has 1 aliphatic rings. The molecule has 0 spiro atoms. The van der Waals surface area contributed by atoms with Crippen molar-refractivity contribution in [2.24, 2.45) is 10.2 Å². The van der Waals surface area contributed by atoms with Crippen LogP contribution in [0.25, 0.3) is 0 Å². The Morgan fingerprint density at radius 3 is 2.21 bits per heavy atom. The van der Waals surface area contributed by atoms with Gasteiger partial charge in [0, 0.05) is 40.6 Å². The van der Waals surface area contributed by atoms with Crippen molar-refractivity contribution in [3.63, 3.8) is 0 Å². The molecular formula is C13H20ClN5. The van der Waals surface area contributed by atoms with Gasteiger partial charge in [0.2, 0.25) is 6.29 Å². The summed E-state index contributed by atoms with van der Waals surface area (Å²) < 4.78 is 0. The van der Waals surface area contributed by atoms with E-state index in [4.69, 9.17) is 0 Å². The van der Waals surface area contributed by atoms with Gasteiger partial charge in [-0.1, -0.05) is 12.1 Å². The number of hydrogen-bond donors (Lipinski definition) is 0. The van der Waals surface area contributed by atoms with E-state index in [1.165, 1.54) is 0 Å². The third-order valence-corrected chi connectivity index (χ3v) is 2.90. The molecule has 1 heterocycles. The van der Waals surface area contributed by atoms with Gasteiger partial charge in [-0.2, -0.15) is 0 Å². The largest absolute Gasteiger partial charge is 0.376 e. The molecule has 0 radical (unpaired) electrons. The van der Waals surface area contributed by atoms with Crippen molar-refractivity contribution in [1.82, 2.24) is 9.80 Å². The first-order valence-corrected chi connectivity index (χ1v) is 5.89. The average Bonchev–Trinajstić information content (AvgIpc) is 2.67. The summed E-state index contributed by atoms with van der Waals surface area (Å²) in [6.45, 7) is 0. The summed E-state index contributed by atoms with van der Waals surface area (Å²) in [6, 6.07) is 7.99. The molecule has 0 aromatic heterocycles. The topological polar surface area (TPSA) is 34.4 Å². The average molecular weight is 282 g/mol. The number of anilines is 1. The molecule has 0 saturated carbocycles. The normalized spacial score (nSPS) is 15.2. The molecule has 0 aliphatic carbocycles. The monoisotopic (exact) mass is 281 g/mol. The fourth-order valence-electron chi connectivity index (χ4n) is 1.86. The summed E-state index contributed by atoms with van der Waals surface area (Å²) in [6.07, 6.45) is 3.92. The predicted octanol–water partition coefficient (Wildman–Crippen LogP) is 2.89. The smallest absolute Gasteiger partial charge is 0.217 e. The van der Waals surface area contributed by atoms with Crippen LogP contribution in [-0.2, 0) is 0 Å². The van der Waals surface area contributed by atoms with E-state index in [1.54, 1.807) is 0 Å². The molecule has 0 fully saturated rings. The lowest BCUT2D eigenvalue weighted by molar-refractivity contribution is 0.206. The maximum absolute atomic E-state index is 4.39. The molecule has 0 bridgehead atoms. The molecule has 1 aliphatic heterocycles. The standard InChI is InChI=1S/C13H19N5.ClH/c1-16(2)12-8-6-5-7-11(12)14-15-13-17(3)9-10-18(13)4;/h5-10,13H,1-4H3;1H. The maximum Gasteiger partial charge on any atom is 0.217 e. The van der Waals surface area contributed by atoms with Gasteiger partial charge in [-0.25, -0.2) is 0 Å². The highest BCUT2D eigenvalue weighted by Gasteiger charge is 2.19. The van der Waals surface area contributed by atoms with Crippen LogP contribution in [0.3, 0.4) is 0 Å². The third kappa shape index (κ3) is 3.38. The van der Waals surface area contributed by atoms with E-state index in [0.717, 1.165) is 11.4 Å². The van der Waals surface area contributed by atoms with Crippen molar-refractivity contribution < 1.29 is 0 Å². The fourth-order valence-corrected chi connectivity index (χ4v) is 1.86. The van der Waals surface area contributed by atoms with Gasteiger partial charge in [0.1, 0.15) is 5.69 Å². The predicted molar refractivity (Wildman–Crippen MR) is 81.0 cm³/mol. The Morgan fingerprint density at radius 2 is 1.63 bits per heavy atom. The second-order valence-electron chi connectivity index (χ2n) is 4.57. The molecule has 0 atom stereocenters. The van der Waals surface area contributed by atoms with E-state index >= 15 is 0 Å². The number of azo groups is 1. The number of rotatable bonds is 3. The lowest BCUT2D eigenvalue weighted by atomic mass is 10.2. The summed E-state index contributed by atoms with van der Waals surface area (Å²) in [7, 11) is 7.98. The van der Waals surface area contributed by atoms with Gasteiger partial charge < -0.3 is 14.7 Å². The van der Waals surface area contributed by atoms with Crippen molar-refractivity contribution in [3.05, 3.63) is 36.7 Å². The van der Waals surface area contributed by atoms with E-state index in [2.05, 4.69) is 10.2 Å².